The van der Waals surface area contributed by atoms with E-state index in [1.807, 2.05) is 35.2 Å². The minimum Gasteiger partial charge on any atom is -0.379 e. The van der Waals surface area contributed by atoms with Gasteiger partial charge in [-0.05, 0) is 36.8 Å². The third-order valence-corrected chi connectivity index (χ3v) is 5.50. The number of aromatic nitrogens is 2. The summed E-state index contributed by atoms with van der Waals surface area (Å²) in [6.07, 6.45) is 1.69. The topological polar surface area (TPSA) is 50.6 Å². The minimum absolute atomic E-state index is 0.00914. The lowest BCUT2D eigenvalue weighted by Gasteiger charge is -2.35. The lowest BCUT2D eigenvalue weighted by atomic mass is 10.1. The molecule has 0 bridgehead atoms. The second kappa shape index (κ2) is 9.85. The van der Waals surface area contributed by atoms with Gasteiger partial charge in [-0.2, -0.15) is 5.10 Å². The average Bonchev–Trinajstić information content (AvgIpc) is 3.29. The van der Waals surface area contributed by atoms with Gasteiger partial charge in [-0.15, -0.1) is 0 Å². The number of ether oxygens (including phenoxy) is 1. The van der Waals surface area contributed by atoms with Gasteiger partial charge in [-0.1, -0.05) is 36.4 Å². The molecule has 1 amide bonds. The Balaban J connectivity index is 1.55. The van der Waals surface area contributed by atoms with E-state index >= 15 is 0 Å². The van der Waals surface area contributed by atoms with E-state index in [1.54, 1.807) is 24.4 Å². The second-order valence-electron chi connectivity index (χ2n) is 7.81. The first kappa shape index (κ1) is 21.2. The Morgan fingerprint density at radius 3 is 2.65 bits per heavy atom. The molecule has 1 fully saturated rings. The highest BCUT2D eigenvalue weighted by molar-refractivity contribution is 5.92. The van der Waals surface area contributed by atoms with Crippen LogP contribution in [0.25, 0.3) is 5.69 Å². The van der Waals surface area contributed by atoms with Crippen LogP contribution >= 0.6 is 0 Å². The van der Waals surface area contributed by atoms with Gasteiger partial charge in [0.05, 0.1) is 18.9 Å². The van der Waals surface area contributed by atoms with Crippen molar-refractivity contribution >= 4 is 5.91 Å². The Morgan fingerprint density at radius 1 is 1.13 bits per heavy atom. The van der Waals surface area contributed by atoms with Gasteiger partial charge in [0.25, 0.3) is 5.91 Å². The molecule has 6 nitrogen and oxygen atoms in total. The first-order chi connectivity index (χ1) is 15.1. The number of nitrogens with zero attached hydrogens (tertiary/aromatic N) is 4. The molecule has 162 valence electrons. The van der Waals surface area contributed by atoms with Crippen molar-refractivity contribution in [3.63, 3.8) is 0 Å². The monoisotopic (exact) mass is 422 g/mol. The fraction of sp³-hybridized carbons (Fsp3) is 0.333. The number of carbonyl (C=O) groups is 1. The summed E-state index contributed by atoms with van der Waals surface area (Å²) in [5.41, 5.74) is 1.98. The standard InChI is InChI=1S/C24H27FN4O2/c1-19(17-27-12-14-31-15-13-27)28(18-20-6-3-2-4-7-20)24(30)23-10-11-29(26-23)22-9-5-8-21(25)16-22/h2-11,16,19H,12-15,17-18H2,1H3. The molecule has 0 aliphatic carbocycles. The molecule has 4 rings (SSSR count). The van der Waals surface area contributed by atoms with Gasteiger partial charge in [0, 0.05) is 38.4 Å². The zero-order valence-electron chi connectivity index (χ0n) is 17.7. The highest BCUT2D eigenvalue weighted by atomic mass is 19.1. The number of benzene rings is 2. The van der Waals surface area contributed by atoms with Crippen molar-refractivity contribution in [1.82, 2.24) is 19.6 Å². The third-order valence-electron chi connectivity index (χ3n) is 5.50. The average molecular weight is 423 g/mol. The number of halogens is 1. The van der Waals surface area contributed by atoms with Crippen molar-refractivity contribution in [3.8, 4) is 5.69 Å². The number of hydrogen-bond donors (Lipinski definition) is 0. The van der Waals surface area contributed by atoms with Crippen molar-refractivity contribution in [2.45, 2.75) is 19.5 Å². The SMILES string of the molecule is CC(CN1CCOCC1)N(Cc1ccccc1)C(=O)c1ccn(-c2cccc(F)c2)n1. The summed E-state index contributed by atoms with van der Waals surface area (Å²) in [4.78, 5) is 17.7. The van der Waals surface area contributed by atoms with Gasteiger partial charge in [0.1, 0.15) is 5.82 Å². The van der Waals surface area contributed by atoms with E-state index < -0.39 is 0 Å². The van der Waals surface area contributed by atoms with Gasteiger partial charge >= 0.3 is 0 Å². The van der Waals surface area contributed by atoms with E-state index in [4.69, 9.17) is 4.74 Å². The minimum atomic E-state index is -0.342. The predicted octanol–water partition coefficient (Wildman–Crippen LogP) is 3.37. The molecule has 0 spiro atoms. The van der Waals surface area contributed by atoms with Crippen molar-refractivity contribution in [2.24, 2.45) is 0 Å². The number of rotatable bonds is 7. The molecule has 2 heterocycles. The summed E-state index contributed by atoms with van der Waals surface area (Å²) in [7, 11) is 0. The Labute approximate surface area is 181 Å². The van der Waals surface area contributed by atoms with Crippen LogP contribution in [-0.4, -0.2) is 64.4 Å². The molecule has 1 aromatic heterocycles. The van der Waals surface area contributed by atoms with Crippen LogP contribution in [0.15, 0.2) is 66.9 Å². The Morgan fingerprint density at radius 2 is 1.90 bits per heavy atom. The summed E-state index contributed by atoms with van der Waals surface area (Å²) in [6.45, 7) is 6.51. The molecule has 1 atom stereocenters. The molecule has 2 aromatic carbocycles. The maximum absolute atomic E-state index is 13.6. The normalized spacial score (nSPS) is 15.5. The predicted molar refractivity (Wildman–Crippen MR) is 117 cm³/mol. The molecule has 3 aromatic rings. The van der Waals surface area contributed by atoms with Gasteiger partial charge < -0.3 is 9.64 Å². The summed E-state index contributed by atoms with van der Waals surface area (Å²) >= 11 is 0. The Bertz CT molecular complexity index is 1000. The zero-order chi connectivity index (χ0) is 21.6. The van der Waals surface area contributed by atoms with E-state index in [0.29, 0.717) is 17.9 Å². The van der Waals surface area contributed by atoms with Gasteiger partial charge in [-0.25, -0.2) is 9.07 Å². The lowest BCUT2D eigenvalue weighted by Crippen LogP contribution is -2.48. The maximum atomic E-state index is 13.6. The molecule has 0 saturated carbocycles. The van der Waals surface area contributed by atoms with E-state index in [-0.39, 0.29) is 17.8 Å². The maximum Gasteiger partial charge on any atom is 0.274 e. The molecule has 1 aliphatic rings. The summed E-state index contributed by atoms with van der Waals surface area (Å²) < 4.78 is 20.6. The number of carbonyl (C=O) groups excluding carboxylic acids is 1. The molecular formula is C24H27FN4O2. The third kappa shape index (κ3) is 5.37. The summed E-state index contributed by atoms with van der Waals surface area (Å²) in [5, 5.41) is 4.44. The Hall–Kier alpha value is -3.03. The number of hydrogen-bond acceptors (Lipinski definition) is 4. The van der Waals surface area contributed by atoms with Crippen molar-refractivity contribution in [2.75, 3.05) is 32.8 Å². The highest BCUT2D eigenvalue weighted by Crippen LogP contribution is 2.16. The molecule has 0 N–H and O–H groups in total. The first-order valence-electron chi connectivity index (χ1n) is 10.6. The van der Waals surface area contributed by atoms with E-state index in [0.717, 1.165) is 38.4 Å². The van der Waals surface area contributed by atoms with Crippen molar-refractivity contribution in [3.05, 3.63) is 83.9 Å². The number of morpholine rings is 1. The fourth-order valence-corrected chi connectivity index (χ4v) is 3.81. The lowest BCUT2D eigenvalue weighted by molar-refractivity contribution is 0.0227. The molecule has 31 heavy (non-hydrogen) atoms. The van der Waals surface area contributed by atoms with Crippen LogP contribution in [0.1, 0.15) is 23.0 Å². The van der Waals surface area contributed by atoms with E-state index in [9.17, 15) is 9.18 Å². The molecule has 7 heteroatoms. The zero-order valence-corrected chi connectivity index (χ0v) is 17.7. The number of amides is 1. The quantitative estimate of drug-likeness (QED) is 0.586. The van der Waals surface area contributed by atoms with Crippen LogP contribution in [0.5, 0.6) is 0 Å². The van der Waals surface area contributed by atoms with Gasteiger partial charge in [0.2, 0.25) is 0 Å². The molecule has 1 unspecified atom stereocenters. The van der Waals surface area contributed by atoms with Crippen LogP contribution < -0.4 is 0 Å². The fourth-order valence-electron chi connectivity index (χ4n) is 3.81. The first-order valence-corrected chi connectivity index (χ1v) is 10.6. The molecule has 0 radical (unpaired) electrons. The van der Waals surface area contributed by atoms with Crippen LogP contribution in [0.3, 0.4) is 0 Å². The molecule has 1 saturated heterocycles. The highest BCUT2D eigenvalue weighted by Gasteiger charge is 2.26. The second-order valence-corrected chi connectivity index (χ2v) is 7.81. The smallest absolute Gasteiger partial charge is 0.274 e. The summed E-state index contributed by atoms with van der Waals surface area (Å²) in [6, 6.07) is 17.8. The van der Waals surface area contributed by atoms with E-state index in [2.05, 4.69) is 16.9 Å². The Kier molecular flexibility index (Phi) is 6.74. The van der Waals surface area contributed by atoms with Crippen molar-refractivity contribution < 1.29 is 13.9 Å². The summed E-state index contributed by atoms with van der Waals surface area (Å²) in [5.74, 6) is -0.481. The van der Waals surface area contributed by atoms with Crippen LogP contribution in [0.4, 0.5) is 4.39 Å². The van der Waals surface area contributed by atoms with Crippen molar-refractivity contribution in [1.29, 1.82) is 0 Å². The van der Waals surface area contributed by atoms with Crippen LogP contribution in [-0.2, 0) is 11.3 Å². The van der Waals surface area contributed by atoms with E-state index in [1.165, 1.54) is 16.8 Å². The van der Waals surface area contributed by atoms with Crippen LogP contribution in [0.2, 0.25) is 0 Å². The largest absolute Gasteiger partial charge is 0.379 e. The van der Waals surface area contributed by atoms with Gasteiger partial charge in [0.15, 0.2) is 5.69 Å². The van der Waals surface area contributed by atoms with Gasteiger partial charge in [-0.3, -0.25) is 9.69 Å². The molecule has 1 aliphatic heterocycles. The molecular weight excluding hydrogens is 395 g/mol. The van der Waals surface area contributed by atoms with Crippen LogP contribution in [0, 0.1) is 5.82 Å².